The third-order valence-corrected chi connectivity index (χ3v) is 5.24. The van der Waals surface area contributed by atoms with Crippen LogP contribution in [0, 0.1) is 5.92 Å². The third-order valence-electron chi connectivity index (χ3n) is 4.88. The molecule has 5 atom stereocenters. The third kappa shape index (κ3) is 11.5. The quantitative estimate of drug-likeness (QED) is 0.117. The van der Waals surface area contributed by atoms with E-state index in [9.17, 15) is 28.8 Å². The minimum absolute atomic E-state index is 0.153. The molecule has 0 aromatic heterocycles. The first-order valence-corrected chi connectivity index (χ1v) is 10.9. The van der Waals surface area contributed by atoms with Crippen molar-refractivity contribution >= 4 is 48.3 Å². The van der Waals surface area contributed by atoms with E-state index in [1.807, 2.05) is 0 Å². The lowest BCUT2D eigenvalue weighted by Gasteiger charge is -2.27. The predicted octanol–water partition coefficient (Wildman–Crippen LogP) is -1.44. The van der Waals surface area contributed by atoms with Crippen LogP contribution in [0.5, 0.6) is 0 Å². The Kier molecular flexibility index (Phi) is 13.7. The molecule has 188 valence electrons. The highest BCUT2D eigenvalue weighted by atomic mass is 32.1. The summed E-state index contributed by atoms with van der Waals surface area (Å²) in [4.78, 5) is 70.5. The van der Waals surface area contributed by atoms with E-state index >= 15 is 0 Å². The van der Waals surface area contributed by atoms with Crippen molar-refractivity contribution in [3.63, 3.8) is 0 Å². The summed E-state index contributed by atoms with van der Waals surface area (Å²) in [6.07, 6.45) is -0.875. The first kappa shape index (κ1) is 30.1. The van der Waals surface area contributed by atoms with E-state index in [0.29, 0.717) is 6.42 Å². The Morgan fingerprint density at radius 3 is 1.79 bits per heavy atom. The summed E-state index contributed by atoms with van der Waals surface area (Å²) >= 11 is 3.84. The van der Waals surface area contributed by atoms with Crippen molar-refractivity contribution < 1.29 is 44.1 Å². The molecule has 0 rings (SSSR count). The van der Waals surface area contributed by atoms with Gasteiger partial charge in [-0.05, 0) is 18.8 Å². The monoisotopic (exact) mass is 492 g/mol. The zero-order valence-electron chi connectivity index (χ0n) is 18.4. The van der Waals surface area contributed by atoms with Crippen LogP contribution in [0.25, 0.3) is 0 Å². The van der Waals surface area contributed by atoms with Gasteiger partial charge in [-0.1, -0.05) is 20.3 Å². The molecule has 0 aliphatic rings. The molecule has 0 aliphatic carbocycles. The van der Waals surface area contributed by atoms with Crippen LogP contribution in [0.3, 0.4) is 0 Å². The lowest BCUT2D eigenvalue weighted by Crippen LogP contribution is -2.58. The minimum Gasteiger partial charge on any atom is -0.481 e. The van der Waals surface area contributed by atoms with Crippen LogP contribution < -0.4 is 21.7 Å². The standard InChI is InChI=1S/C19H32N4O9S/c1-3-9(2)15(23-16(28)10(20)4-6-13(24)25)18(30)21-11(5-7-14(26)27)17(29)22-12(8-33)19(31)32/h9-12,15,33H,3-8,20H2,1-2H3,(H,21,30)(H,22,29)(H,23,28)(H,24,25)(H,26,27)(H,31,32). The molecule has 0 saturated heterocycles. The molecule has 0 aromatic rings. The van der Waals surface area contributed by atoms with Crippen LogP contribution in [-0.2, 0) is 28.8 Å². The molecule has 0 saturated carbocycles. The summed E-state index contributed by atoms with van der Waals surface area (Å²) < 4.78 is 0. The molecule has 0 bridgehead atoms. The largest absolute Gasteiger partial charge is 0.481 e. The van der Waals surface area contributed by atoms with Gasteiger partial charge in [-0.3, -0.25) is 24.0 Å². The molecule has 0 aliphatic heterocycles. The summed E-state index contributed by atoms with van der Waals surface area (Å²) in [7, 11) is 0. The number of aliphatic carboxylic acids is 3. The van der Waals surface area contributed by atoms with E-state index < -0.39 is 72.1 Å². The zero-order chi connectivity index (χ0) is 25.7. The Balaban J connectivity index is 5.50. The molecule has 0 heterocycles. The number of hydrogen-bond acceptors (Lipinski definition) is 8. The summed E-state index contributed by atoms with van der Waals surface area (Å²) in [5.41, 5.74) is 5.69. The van der Waals surface area contributed by atoms with Crippen molar-refractivity contribution in [2.45, 2.75) is 70.1 Å². The Morgan fingerprint density at radius 1 is 0.818 bits per heavy atom. The number of rotatable bonds is 16. The van der Waals surface area contributed by atoms with Gasteiger partial charge in [0.25, 0.3) is 0 Å². The number of carboxylic acid groups (broad SMARTS) is 3. The van der Waals surface area contributed by atoms with Gasteiger partial charge in [0.2, 0.25) is 17.7 Å². The minimum atomic E-state index is -1.39. The molecule has 0 radical (unpaired) electrons. The van der Waals surface area contributed by atoms with Crippen molar-refractivity contribution in [1.29, 1.82) is 0 Å². The molecule has 33 heavy (non-hydrogen) atoms. The van der Waals surface area contributed by atoms with Gasteiger partial charge in [0.15, 0.2) is 0 Å². The SMILES string of the molecule is CCC(C)C(NC(=O)C(N)CCC(=O)O)C(=O)NC(CCC(=O)O)C(=O)NC(CS)C(=O)O. The second kappa shape index (κ2) is 15.1. The number of nitrogens with two attached hydrogens (primary N) is 1. The van der Waals surface area contributed by atoms with Crippen LogP contribution in [0.4, 0.5) is 0 Å². The maximum absolute atomic E-state index is 12.9. The smallest absolute Gasteiger partial charge is 0.327 e. The first-order chi connectivity index (χ1) is 15.3. The lowest BCUT2D eigenvalue weighted by atomic mass is 9.97. The van der Waals surface area contributed by atoms with Crippen LogP contribution in [-0.4, -0.2) is 80.9 Å². The number of nitrogens with one attached hydrogen (secondary N) is 3. The molecule has 8 N–H and O–H groups in total. The van der Waals surface area contributed by atoms with Crippen LogP contribution >= 0.6 is 12.6 Å². The number of carboxylic acids is 3. The summed E-state index contributed by atoms with van der Waals surface area (Å²) in [6, 6.07) is -5.08. The maximum Gasteiger partial charge on any atom is 0.327 e. The Morgan fingerprint density at radius 2 is 1.33 bits per heavy atom. The van der Waals surface area contributed by atoms with E-state index in [0.717, 1.165) is 0 Å². The van der Waals surface area contributed by atoms with E-state index in [1.165, 1.54) is 0 Å². The number of amides is 3. The van der Waals surface area contributed by atoms with Crippen molar-refractivity contribution in [3.8, 4) is 0 Å². The highest BCUT2D eigenvalue weighted by Gasteiger charge is 2.32. The summed E-state index contributed by atoms with van der Waals surface area (Å²) in [5.74, 6) is -6.87. The molecular formula is C19H32N4O9S. The van der Waals surface area contributed by atoms with Gasteiger partial charge in [0.1, 0.15) is 18.1 Å². The molecule has 0 aromatic carbocycles. The van der Waals surface area contributed by atoms with E-state index in [2.05, 4.69) is 28.6 Å². The lowest BCUT2D eigenvalue weighted by molar-refractivity contribution is -0.142. The zero-order valence-corrected chi connectivity index (χ0v) is 19.3. The fourth-order valence-corrected chi connectivity index (χ4v) is 2.88. The van der Waals surface area contributed by atoms with Gasteiger partial charge in [-0.25, -0.2) is 4.79 Å². The van der Waals surface area contributed by atoms with Gasteiger partial charge in [-0.2, -0.15) is 12.6 Å². The molecule has 13 nitrogen and oxygen atoms in total. The van der Waals surface area contributed by atoms with Gasteiger partial charge < -0.3 is 37.0 Å². The highest BCUT2D eigenvalue weighted by molar-refractivity contribution is 7.80. The van der Waals surface area contributed by atoms with Crippen molar-refractivity contribution in [2.75, 3.05) is 5.75 Å². The summed E-state index contributed by atoms with van der Waals surface area (Å²) in [6.45, 7) is 3.40. The first-order valence-electron chi connectivity index (χ1n) is 10.3. The highest BCUT2D eigenvalue weighted by Crippen LogP contribution is 2.10. The van der Waals surface area contributed by atoms with Crippen LogP contribution in [0.1, 0.15) is 46.0 Å². The fraction of sp³-hybridized carbons (Fsp3) is 0.684. The molecular weight excluding hydrogens is 460 g/mol. The normalized spacial score (nSPS) is 15.3. The van der Waals surface area contributed by atoms with Gasteiger partial charge in [-0.15, -0.1) is 0 Å². The van der Waals surface area contributed by atoms with Crippen molar-refractivity contribution in [2.24, 2.45) is 11.7 Å². The molecule has 3 amide bonds. The van der Waals surface area contributed by atoms with Gasteiger partial charge >= 0.3 is 17.9 Å². The number of hydrogen-bond donors (Lipinski definition) is 8. The topological polar surface area (TPSA) is 225 Å². The average Bonchev–Trinajstić information content (AvgIpc) is 2.75. The molecule has 14 heteroatoms. The van der Waals surface area contributed by atoms with Crippen molar-refractivity contribution in [1.82, 2.24) is 16.0 Å². The predicted molar refractivity (Wildman–Crippen MR) is 118 cm³/mol. The fourth-order valence-electron chi connectivity index (χ4n) is 2.63. The van der Waals surface area contributed by atoms with Crippen molar-refractivity contribution in [3.05, 3.63) is 0 Å². The Labute approximate surface area is 196 Å². The van der Waals surface area contributed by atoms with E-state index in [1.54, 1.807) is 13.8 Å². The maximum atomic E-state index is 12.9. The number of thiol groups is 1. The Hall–Kier alpha value is -2.87. The molecule has 0 fully saturated rings. The molecule has 0 spiro atoms. The summed E-state index contributed by atoms with van der Waals surface area (Å²) in [5, 5.41) is 33.7. The second-order valence-corrected chi connectivity index (χ2v) is 7.85. The average molecular weight is 493 g/mol. The van der Waals surface area contributed by atoms with Gasteiger partial charge in [0.05, 0.1) is 6.04 Å². The van der Waals surface area contributed by atoms with Crippen LogP contribution in [0.2, 0.25) is 0 Å². The van der Waals surface area contributed by atoms with E-state index in [-0.39, 0.29) is 25.0 Å². The van der Waals surface area contributed by atoms with Gasteiger partial charge in [0, 0.05) is 18.6 Å². The molecule has 5 unspecified atom stereocenters. The number of carbonyl (C=O) groups excluding carboxylic acids is 3. The van der Waals surface area contributed by atoms with Crippen LogP contribution in [0.15, 0.2) is 0 Å². The number of carbonyl (C=O) groups is 6. The Bertz CT molecular complexity index is 734. The van der Waals surface area contributed by atoms with E-state index in [4.69, 9.17) is 21.1 Å². The second-order valence-electron chi connectivity index (χ2n) is 7.49.